The molecule has 24 heavy (non-hydrogen) atoms. The lowest BCUT2D eigenvalue weighted by Crippen LogP contribution is -2.18. The van der Waals surface area contributed by atoms with Crippen LogP contribution in [-0.4, -0.2) is 39.2 Å². The van der Waals surface area contributed by atoms with Gasteiger partial charge in [0.15, 0.2) is 5.13 Å². The number of halogens is 1. The molecule has 0 radical (unpaired) electrons. The van der Waals surface area contributed by atoms with Crippen molar-refractivity contribution < 1.29 is 13.2 Å². The highest BCUT2D eigenvalue weighted by Gasteiger charge is 2.08. The SMILES string of the molecule is CNCCC(=O)Nc1nc(-c2ccc(NS(C)(=O)=O)cc2)cs1.Cl. The molecule has 0 aliphatic carbocycles. The highest BCUT2D eigenvalue weighted by atomic mass is 35.5. The highest BCUT2D eigenvalue weighted by Crippen LogP contribution is 2.26. The Kier molecular flexibility index (Phi) is 7.61. The van der Waals surface area contributed by atoms with Gasteiger partial charge >= 0.3 is 0 Å². The number of carbonyl (C=O) groups excluding carboxylic acids is 1. The number of nitrogens with zero attached hydrogens (tertiary/aromatic N) is 1. The molecule has 1 aromatic carbocycles. The number of hydrogen-bond acceptors (Lipinski definition) is 6. The maximum atomic E-state index is 11.6. The number of thiazole rings is 1. The van der Waals surface area contributed by atoms with Crippen molar-refractivity contribution in [3.05, 3.63) is 29.6 Å². The van der Waals surface area contributed by atoms with Crippen molar-refractivity contribution >= 4 is 50.5 Å². The van der Waals surface area contributed by atoms with Gasteiger partial charge in [0.2, 0.25) is 15.9 Å². The molecule has 3 N–H and O–H groups in total. The van der Waals surface area contributed by atoms with Crippen LogP contribution in [0.15, 0.2) is 29.6 Å². The van der Waals surface area contributed by atoms with Gasteiger partial charge in [0, 0.05) is 29.6 Å². The topological polar surface area (TPSA) is 100 Å². The Bertz CT molecular complexity index is 776. The van der Waals surface area contributed by atoms with Crippen LogP contribution in [0.4, 0.5) is 10.8 Å². The Morgan fingerprint density at radius 1 is 1.25 bits per heavy atom. The Morgan fingerprint density at radius 2 is 1.92 bits per heavy atom. The van der Waals surface area contributed by atoms with Crippen molar-refractivity contribution in [2.75, 3.05) is 29.9 Å². The van der Waals surface area contributed by atoms with E-state index >= 15 is 0 Å². The van der Waals surface area contributed by atoms with E-state index in [0.717, 1.165) is 17.5 Å². The second-order valence-corrected chi connectivity index (χ2v) is 7.50. The van der Waals surface area contributed by atoms with E-state index in [1.54, 1.807) is 31.3 Å². The second-order valence-electron chi connectivity index (χ2n) is 4.89. The number of rotatable bonds is 7. The molecular weight excluding hydrogens is 372 g/mol. The van der Waals surface area contributed by atoms with Crippen molar-refractivity contribution in [2.45, 2.75) is 6.42 Å². The van der Waals surface area contributed by atoms with Gasteiger partial charge in [-0.15, -0.1) is 23.7 Å². The zero-order chi connectivity index (χ0) is 16.9. The number of amides is 1. The van der Waals surface area contributed by atoms with E-state index in [2.05, 4.69) is 20.3 Å². The molecule has 2 rings (SSSR count). The van der Waals surface area contributed by atoms with E-state index in [1.807, 2.05) is 5.38 Å². The minimum absolute atomic E-state index is 0. The fraction of sp³-hybridized carbons (Fsp3) is 0.286. The maximum Gasteiger partial charge on any atom is 0.229 e. The quantitative estimate of drug-likeness (QED) is 0.672. The van der Waals surface area contributed by atoms with Crippen LogP contribution in [0.5, 0.6) is 0 Å². The predicted molar refractivity (Wildman–Crippen MR) is 100 cm³/mol. The van der Waals surface area contributed by atoms with Crippen LogP contribution in [-0.2, 0) is 14.8 Å². The van der Waals surface area contributed by atoms with Gasteiger partial charge in [0.05, 0.1) is 11.9 Å². The largest absolute Gasteiger partial charge is 0.319 e. The van der Waals surface area contributed by atoms with Crippen molar-refractivity contribution in [1.29, 1.82) is 0 Å². The smallest absolute Gasteiger partial charge is 0.229 e. The first-order valence-electron chi connectivity index (χ1n) is 6.85. The van der Waals surface area contributed by atoms with Crippen molar-refractivity contribution in [3.63, 3.8) is 0 Å². The first-order valence-corrected chi connectivity index (χ1v) is 9.63. The van der Waals surface area contributed by atoms with Crippen molar-refractivity contribution in [3.8, 4) is 11.3 Å². The zero-order valence-electron chi connectivity index (χ0n) is 13.2. The first kappa shape index (κ1) is 20.4. The monoisotopic (exact) mass is 390 g/mol. The van der Waals surface area contributed by atoms with Gasteiger partial charge < -0.3 is 10.6 Å². The fourth-order valence-electron chi connectivity index (χ4n) is 1.81. The summed E-state index contributed by atoms with van der Waals surface area (Å²) in [6, 6.07) is 6.88. The first-order chi connectivity index (χ1) is 10.9. The molecular formula is C14H19ClN4O3S2. The summed E-state index contributed by atoms with van der Waals surface area (Å²) in [5.41, 5.74) is 2.06. The van der Waals surface area contributed by atoms with Crippen molar-refractivity contribution in [1.82, 2.24) is 10.3 Å². The van der Waals surface area contributed by atoms with E-state index in [1.165, 1.54) is 11.3 Å². The molecule has 0 bridgehead atoms. The normalized spacial score (nSPS) is 10.8. The molecule has 1 aromatic heterocycles. The van der Waals surface area contributed by atoms with Gasteiger partial charge in [0.1, 0.15) is 0 Å². The molecule has 0 aliphatic heterocycles. The van der Waals surface area contributed by atoms with Gasteiger partial charge in [-0.1, -0.05) is 12.1 Å². The van der Waals surface area contributed by atoms with Gasteiger partial charge in [-0.05, 0) is 19.2 Å². The third-order valence-electron chi connectivity index (χ3n) is 2.84. The van der Waals surface area contributed by atoms with E-state index in [9.17, 15) is 13.2 Å². The molecule has 10 heteroatoms. The number of carbonyl (C=O) groups is 1. The highest BCUT2D eigenvalue weighted by molar-refractivity contribution is 7.92. The lowest BCUT2D eigenvalue weighted by molar-refractivity contribution is -0.116. The second kappa shape index (κ2) is 8.97. The molecule has 0 saturated heterocycles. The molecule has 2 aromatic rings. The van der Waals surface area contributed by atoms with Crippen LogP contribution in [0.2, 0.25) is 0 Å². The molecule has 0 spiro atoms. The van der Waals surface area contributed by atoms with Gasteiger partial charge in [-0.2, -0.15) is 0 Å². The number of anilines is 2. The molecule has 0 aliphatic rings. The zero-order valence-corrected chi connectivity index (χ0v) is 15.6. The number of hydrogen-bond donors (Lipinski definition) is 3. The summed E-state index contributed by atoms with van der Waals surface area (Å²) in [6.45, 7) is 0.610. The molecule has 0 unspecified atom stereocenters. The summed E-state index contributed by atoms with van der Waals surface area (Å²) < 4.78 is 24.7. The molecule has 1 amide bonds. The van der Waals surface area contributed by atoms with Crippen LogP contribution < -0.4 is 15.4 Å². The molecule has 0 atom stereocenters. The summed E-state index contributed by atoms with van der Waals surface area (Å²) in [7, 11) is -1.50. The summed E-state index contributed by atoms with van der Waals surface area (Å²) in [5.74, 6) is -0.0899. The predicted octanol–water partition coefficient (Wildman–Crippen LogP) is 2.15. The lowest BCUT2D eigenvalue weighted by Gasteiger charge is -2.04. The molecule has 1 heterocycles. The minimum atomic E-state index is -3.29. The van der Waals surface area contributed by atoms with Gasteiger partial charge in [-0.3, -0.25) is 9.52 Å². The van der Waals surface area contributed by atoms with Crippen LogP contribution in [0, 0.1) is 0 Å². The van der Waals surface area contributed by atoms with E-state index in [-0.39, 0.29) is 18.3 Å². The summed E-state index contributed by atoms with van der Waals surface area (Å²) in [5, 5.41) is 8.04. The van der Waals surface area contributed by atoms with Gasteiger partial charge in [0.25, 0.3) is 0 Å². The minimum Gasteiger partial charge on any atom is -0.319 e. The average Bonchev–Trinajstić information content (AvgIpc) is 2.92. The maximum absolute atomic E-state index is 11.6. The standard InChI is InChI=1S/C14H18N4O3S2.ClH/c1-15-8-7-13(19)17-14-16-12(9-22-14)10-3-5-11(6-4-10)18-23(2,20)21;/h3-6,9,15,18H,7-8H2,1-2H3,(H,16,17,19);1H. The average molecular weight is 391 g/mol. The number of nitrogens with one attached hydrogen (secondary N) is 3. The number of sulfonamides is 1. The fourth-order valence-corrected chi connectivity index (χ4v) is 3.11. The third-order valence-corrected chi connectivity index (χ3v) is 4.20. The van der Waals surface area contributed by atoms with Gasteiger partial charge in [-0.25, -0.2) is 13.4 Å². The van der Waals surface area contributed by atoms with E-state index in [4.69, 9.17) is 0 Å². The number of aromatic nitrogens is 1. The number of benzene rings is 1. The summed E-state index contributed by atoms with van der Waals surface area (Å²) in [6.07, 6.45) is 1.49. The summed E-state index contributed by atoms with van der Waals surface area (Å²) >= 11 is 1.35. The molecule has 0 saturated carbocycles. The molecule has 7 nitrogen and oxygen atoms in total. The Balaban J connectivity index is 0.00000288. The lowest BCUT2D eigenvalue weighted by atomic mass is 10.1. The summed E-state index contributed by atoms with van der Waals surface area (Å²) in [4.78, 5) is 16.0. The van der Waals surface area contributed by atoms with Crippen LogP contribution in [0.3, 0.4) is 0 Å². The Labute approximate surface area is 151 Å². The van der Waals surface area contributed by atoms with E-state index in [0.29, 0.717) is 23.8 Å². The van der Waals surface area contributed by atoms with Crippen molar-refractivity contribution in [2.24, 2.45) is 0 Å². The third kappa shape index (κ3) is 6.44. The van der Waals surface area contributed by atoms with Crippen LogP contribution in [0.25, 0.3) is 11.3 Å². The molecule has 132 valence electrons. The van der Waals surface area contributed by atoms with Crippen LogP contribution in [0.1, 0.15) is 6.42 Å². The van der Waals surface area contributed by atoms with Crippen LogP contribution >= 0.6 is 23.7 Å². The van der Waals surface area contributed by atoms with E-state index < -0.39 is 10.0 Å². The Morgan fingerprint density at radius 3 is 2.50 bits per heavy atom. The molecule has 0 fully saturated rings. The Hall–Kier alpha value is -1.68.